The number of nitrogens with two attached hydrogens (primary N) is 1. The third-order valence-electron chi connectivity index (χ3n) is 4.31. The summed E-state index contributed by atoms with van der Waals surface area (Å²) in [7, 11) is 0. The Hall–Kier alpha value is -0.900. The molecule has 0 amide bonds. The normalized spacial score (nSPS) is 24.5. The molecule has 2 aliphatic rings. The lowest BCUT2D eigenvalue weighted by Crippen LogP contribution is -2.43. The summed E-state index contributed by atoms with van der Waals surface area (Å²) in [4.78, 5) is 4.51. The highest BCUT2D eigenvalue weighted by Crippen LogP contribution is 2.35. The van der Waals surface area contributed by atoms with E-state index in [1.54, 1.807) is 0 Å². The summed E-state index contributed by atoms with van der Waals surface area (Å²) in [6.07, 6.45) is 10.5. The smallest absolute Gasteiger partial charge is 0.228 e. The van der Waals surface area contributed by atoms with E-state index in [0.29, 0.717) is 5.92 Å². The Bertz CT molecular complexity index is 378. The Morgan fingerprint density at radius 1 is 1.18 bits per heavy atom. The average molecular weight is 235 g/mol. The number of nitrogens with zero attached hydrogens (tertiary/aromatic N) is 2. The van der Waals surface area contributed by atoms with Crippen LogP contribution in [0.3, 0.4) is 0 Å². The molecular weight excluding hydrogens is 214 g/mol. The van der Waals surface area contributed by atoms with E-state index in [2.05, 4.69) is 10.1 Å². The molecule has 94 valence electrons. The molecule has 1 heterocycles. The van der Waals surface area contributed by atoms with Gasteiger partial charge in [-0.25, -0.2) is 0 Å². The van der Waals surface area contributed by atoms with Gasteiger partial charge in [-0.2, -0.15) is 4.98 Å². The van der Waals surface area contributed by atoms with Crippen LogP contribution < -0.4 is 5.73 Å². The van der Waals surface area contributed by atoms with E-state index < -0.39 is 0 Å². The van der Waals surface area contributed by atoms with E-state index in [0.717, 1.165) is 31.0 Å². The molecule has 4 nitrogen and oxygen atoms in total. The van der Waals surface area contributed by atoms with E-state index in [9.17, 15) is 0 Å². The molecule has 0 saturated heterocycles. The van der Waals surface area contributed by atoms with Crippen LogP contribution in [-0.2, 0) is 6.42 Å². The van der Waals surface area contributed by atoms with E-state index >= 15 is 0 Å². The molecule has 17 heavy (non-hydrogen) atoms. The molecule has 0 aliphatic heterocycles. The third kappa shape index (κ3) is 2.37. The second-order valence-electron chi connectivity index (χ2n) is 5.77. The van der Waals surface area contributed by atoms with Crippen LogP contribution in [-0.4, -0.2) is 15.7 Å². The van der Waals surface area contributed by atoms with Gasteiger partial charge in [-0.15, -0.1) is 0 Å². The zero-order valence-corrected chi connectivity index (χ0v) is 10.3. The van der Waals surface area contributed by atoms with Crippen molar-refractivity contribution in [2.45, 2.75) is 69.2 Å². The summed E-state index contributed by atoms with van der Waals surface area (Å²) in [6.45, 7) is 0. The largest absolute Gasteiger partial charge is 0.339 e. The van der Waals surface area contributed by atoms with Gasteiger partial charge in [-0.05, 0) is 25.7 Å². The van der Waals surface area contributed by atoms with Crippen LogP contribution in [0.2, 0.25) is 0 Å². The molecule has 2 fully saturated rings. The summed E-state index contributed by atoms with van der Waals surface area (Å²) in [5, 5.41) is 4.09. The van der Waals surface area contributed by atoms with Gasteiger partial charge in [0.05, 0.1) is 0 Å². The quantitative estimate of drug-likeness (QED) is 0.874. The molecule has 0 unspecified atom stereocenters. The zero-order chi connectivity index (χ0) is 11.7. The van der Waals surface area contributed by atoms with Crippen molar-refractivity contribution in [3.8, 4) is 0 Å². The second kappa shape index (κ2) is 4.41. The van der Waals surface area contributed by atoms with Gasteiger partial charge in [0.1, 0.15) is 0 Å². The highest BCUT2D eigenvalue weighted by Gasteiger charge is 2.31. The minimum Gasteiger partial charge on any atom is -0.339 e. The Labute approximate surface area is 102 Å². The van der Waals surface area contributed by atoms with Gasteiger partial charge in [0.25, 0.3) is 0 Å². The molecule has 0 aromatic carbocycles. The molecule has 0 atom stereocenters. The van der Waals surface area contributed by atoms with Gasteiger partial charge in [-0.3, -0.25) is 0 Å². The van der Waals surface area contributed by atoms with Crippen LogP contribution in [0.5, 0.6) is 0 Å². The van der Waals surface area contributed by atoms with Crippen molar-refractivity contribution in [3.63, 3.8) is 0 Å². The number of hydrogen-bond acceptors (Lipinski definition) is 4. The van der Waals surface area contributed by atoms with Crippen LogP contribution >= 0.6 is 0 Å². The first-order valence-corrected chi connectivity index (χ1v) is 6.87. The van der Waals surface area contributed by atoms with Gasteiger partial charge >= 0.3 is 0 Å². The molecule has 0 spiro atoms. The fraction of sp³-hybridized carbons (Fsp3) is 0.846. The Balaban J connectivity index is 1.65. The number of hydrogen-bond donors (Lipinski definition) is 1. The average Bonchev–Trinajstić information content (AvgIpc) is 2.64. The summed E-state index contributed by atoms with van der Waals surface area (Å²) >= 11 is 0. The molecular formula is C13H21N3O. The van der Waals surface area contributed by atoms with E-state index in [-0.39, 0.29) is 5.54 Å². The number of aromatic nitrogens is 2. The van der Waals surface area contributed by atoms with Crippen molar-refractivity contribution in [2.24, 2.45) is 5.73 Å². The van der Waals surface area contributed by atoms with Gasteiger partial charge in [-0.1, -0.05) is 30.8 Å². The summed E-state index contributed by atoms with van der Waals surface area (Å²) in [6, 6.07) is 0. The molecule has 1 aromatic heterocycles. The molecule has 2 aliphatic carbocycles. The number of rotatable bonds is 3. The van der Waals surface area contributed by atoms with E-state index in [1.807, 2.05) is 0 Å². The summed E-state index contributed by atoms with van der Waals surface area (Å²) in [5.74, 6) is 2.20. The van der Waals surface area contributed by atoms with E-state index in [4.69, 9.17) is 10.3 Å². The first-order chi connectivity index (χ1) is 8.25. The maximum absolute atomic E-state index is 6.40. The lowest BCUT2D eigenvalue weighted by Gasteiger charge is -2.31. The fourth-order valence-corrected chi connectivity index (χ4v) is 2.91. The fourth-order valence-electron chi connectivity index (χ4n) is 2.91. The Morgan fingerprint density at radius 3 is 2.59 bits per heavy atom. The predicted molar refractivity (Wildman–Crippen MR) is 64.6 cm³/mol. The predicted octanol–water partition coefficient (Wildman–Crippen LogP) is 2.54. The highest BCUT2D eigenvalue weighted by molar-refractivity contribution is 5.02. The highest BCUT2D eigenvalue weighted by atomic mass is 16.5. The first kappa shape index (κ1) is 11.2. The zero-order valence-electron chi connectivity index (χ0n) is 10.3. The monoisotopic (exact) mass is 235 g/mol. The Kier molecular flexibility index (Phi) is 2.90. The van der Waals surface area contributed by atoms with Gasteiger partial charge in [0.15, 0.2) is 5.82 Å². The van der Waals surface area contributed by atoms with Gasteiger partial charge < -0.3 is 10.3 Å². The maximum Gasteiger partial charge on any atom is 0.228 e. The molecule has 0 bridgehead atoms. The molecule has 2 N–H and O–H groups in total. The van der Waals surface area contributed by atoms with E-state index in [1.165, 1.54) is 38.5 Å². The van der Waals surface area contributed by atoms with Crippen molar-refractivity contribution >= 4 is 0 Å². The van der Waals surface area contributed by atoms with Crippen LogP contribution in [0.25, 0.3) is 0 Å². The first-order valence-electron chi connectivity index (χ1n) is 6.87. The summed E-state index contributed by atoms with van der Waals surface area (Å²) in [5.41, 5.74) is 6.30. The van der Waals surface area contributed by atoms with Crippen molar-refractivity contribution in [3.05, 3.63) is 11.7 Å². The lowest BCUT2D eigenvalue weighted by atomic mass is 9.80. The second-order valence-corrected chi connectivity index (χ2v) is 5.77. The van der Waals surface area contributed by atoms with Crippen molar-refractivity contribution in [1.82, 2.24) is 10.1 Å². The third-order valence-corrected chi connectivity index (χ3v) is 4.31. The summed E-state index contributed by atoms with van der Waals surface area (Å²) < 4.78 is 5.35. The molecule has 4 heteroatoms. The standard InChI is InChI=1S/C13H21N3O/c14-13(7-2-1-3-8-13)9-11-15-12(16-17-11)10-5-4-6-10/h10H,1-9,14H2. The van der Waals surface area contributed by atoms with Gasteiger partial charge in [0.2, 0.25) is 5.89 Å². The SMILES string of the molecule is NC1(Cc2nc(C3CCC3)no2)CCCCC1. The Morgan fingerprint density at radius 2 is 1.94 bits per heavy atom. The molecule has 3 rings (SSSR count). The maximum atomic E-state index is 6.40. The molecule has 1 aromatic rings. The van der Waals surface area contributed by atoms with Crippen molar-refractivity contribution < 1.29 is 4.52 Å². The molecule has 2 saturated carbocycles. The van der Waals surface area contributed by atoms with Crippen LogP contribution in [0.4, 0.5) is 0 Å². The van der Waals surface area contributed by atoms with Crippen molar-refractivity contribution in [2.75, 3.05) is 0 Å². The van der Waals surface area contributed by atoms with Crippen LogP contribution in [0, 0.1) is 0 Å². The van der Waals surface area contributed by atoms with Gasteiger partial charge in [0, 0.05) is 17.9 Å². The minimum absolute atomic E-state index is 0.0956. The topological polar surface area (TPSA) is 64.9 Å². The van der Waals surface area contributed by atoms with Crippen LogP contribution in [0.15, 0.2) is 4.52 Å². The molecule has 0 radical (unpaired) electrons. The van der Waals surface area contributed by atoms with Crippen LogP contribution in [0.1, 0.15) is 69.0 Å². The minimum atomic E-state index is -0.0956. The lowest BCUT2D eigenvalue weighted by molar-refractivity contribution is 0.260. The van der Waals surface area contributed by atoms with Crippen molar-refractivity contribution in [1.29, 1.82) is 0 Å².